The van der Waals surface area contributed by atoms with Gasteiger partial charge in [0.25, 0.3) is 0 Å². The van der Waals surface area contributed by atoms with E-state index in [0.717, 1.165) is 23.5 Å². The quantitative estimate of drug-likeness (QED) is 0.661. The van der Waals surface area contributed by atoms with E-state index in [1.165, 1.54) is 16.7 Å². The molecular formula is C18H17NS. The first-order valence-corrected chi connectivity index (χ1v) is 7.74. The van der Waals surface area contributed by atoms with E-state index in [0.29, 0.717) is 0 Å². The van der Waals surface area contributed by atoms with Crippen LogP contribution in [0.25, 0.3) is 11.3 Å². The number of rotatable bonds is 4. The highest BCUT2D eigenvalue weighted by atomic mass is 32.1. The smallest absolute Gasteiger partial charge is 0.0901 e. The van der Waals surface area contributed by atoms with E-state index in [4.69, 9.17) is 0 Å². The van der Waals surface area contributed by atoms with Gasteiger partial charge in [0.15, 0.2) is 0 Å². The molecule has 3 aromatic rings. The van der Waals surface area contributed by atoms with Crippen molar-refractivity contribution in [1.82, 2.24) is 4.98 Å². The molecule has 0 saturated heterocycles. The van der Waals surface area contributed by atoms with Gasteiger partial charge >= 0.3 is 0 Å². The van der Waals surface area contributed by atoms with Gasteiger partial charge in [0.1, 0.15) is 0 Å². The second-order valence-electron chi connectivity index (χ2n) is 4.93. The van der Waals surface area contributed by atoms with Gasteiger partial charge in [0.2, 0.25) is 0 Å². The third kappa shape index (κ3) is 3.14. The molecule has 100 valence electrons. The van der Waals surface area contributed by atoms with Gasteiger partial charge in [-0.25, -0.2) is 4.98 Å². The average Bonchev–Trinajstić information content (AvgIpc) is 2.93. The Morgan fingerprint density at radius 1 is 0.850 bits per heavy atom. The lowest BCUT2D eigenvalue weighted by atomic mass is 10.0. The summed E-state index contributed by atoms with van der Waals surface area (Å²) in [5.74, 6) is 0. The van der Waals surface area contributed by atoms with Crippen LogP contribution in [0.4, 0.5) is 0 Å². The highest BCUT2D eigenvalue weighted by Crippen LogP contribution is 2.22. The van der Waals surface area contributed by atoms with Crippen LogP contribution < -0.4 is 0 Å². The van der Waals surface area contributed by atoms with Gasteiger partial charge in [-0.15, -0.1) is 11.3 Å². The average molecular weight is 279 g/mol. The second kappa shape index (κ2) is 6.02. The molecule has 0 saturated carbocycles. The number of hydrogen-bond donors (Lipinski definition) is 0. The van der Waals surface area contributed by atoms with Crippen LogP contribution in [0.15, 0.2) is 60.0 Å². The van der Waals surface area contributed by atoms with Crippen LogP contribution >= 0.6 is 11.3 Å². The van der Waals surface area contributed by atoms with Crippen LogP contribution in [0.5, 0.6) is 0 Å². The number of hydrogen-bond acceptors (Lipinski definition) is 2. The maximum absolute atomic E-state index is 4.52. The minimum absolute atomic E-state index is 1.08. The molecule has 1 aromatic heterocycles. The summed E-state index contributed by atoms with van der Waals surface area (Å²) >= 11 is 1.70. The van der Waals surface area contributed by atoms with Crippen LogP contribution in [0, 0.1) is 6.92 Å². The largest absolute Gasteiger partial charge is 0.242 e. The van der Waals surface area contributed by atoms with Crippen molar-refractivity contribution in [2.75, 3.05) is 0 Å². The fraction of sp³-hybridized carbons (Fsp3) is 0.167. The lowest BCUT2D eigenvalue weighted by molar-refractivity contribution is 0.960. The summed E-state index contributed by atoms with van der Waals surface area (Å²) in [6, 6.07) is 19.4. The highest BCUT2D eigenvalue weighted by molar-refractivity contribution is 7.09. The number of nitrogens with zero attached hydrogens (tertiary/aromatic N) is 1. The predicted molar refractivity (Wildman–Crippen MR) is 86.1 cm³/mol. The van der Waals surface area contributed by atoms with E-state index < -0.39 is 0 Å². The van der Waals surface area contributed by atoms with Gasteiger partial charge < -0.3 is 0 Å². The lowest BCUT2D eigenvalue weighted by Crippen LogP contribution is -1.91. The summed E-state index contributed by atoms with van der Waals surface area (Å²) < 4.78 is 0. The molecule has 3 rings (SSSR count). The molecule has 0 aliphatic carbocycles. The Hall–Kier alpha value is -1.93. The van der Waals surface area contributed by atoms with Crippen molar-refractivity contribution in [3.8, 4) is 11.3 Å². The van der Waals surface area contributed by atoms with E-state index >= 15 is 0 Å². The first kappa shape index (κ1) is 13.1. The van der Waals surface area contributed by atoms with Crippen LogP contribution in [0.2, 0.25) is 0 Å². The fourth-order valence-electron chi connectivity index (χ4n) is 2.27. The van der Waals surface area contributed by atoms with E-state index in [1.807, 2.05) is 6.92 Å². The van der Waals surface area contributed by atoms with Crippen molar-refractivity contribution in [1.29, 1.82) is 0 Å². The maximum Gasteiger partial charge on any atom is 0.0901 e. The molecule has 0 spiro atoms. The van der Waals surface area contributed by atoms with Crippen molar-refractivity contribution >= 4 is 11.3 Å². The van der Waals surface area contributed by atoms with E-state index in [2.05, 4.69) is 65.0 Å². The summed E-state index contributed by atoms with van der Waals surface area (Å²) in [5, 5.41) is 3.24. The molecule has 0 aliphatic rings. The Balaban J connectivity index is 1.67. The van der Waals surface area contributed by atoms with Crippen molar-refractivity contribution in [2.24, 2.45) is 0 Å². The standard InChI is InChI=1S/C18H17NS/c1-14-19-18(13-20-14)17-11-9-16(10-12-17)8-7-15-5-3-2-4-6-15/h2-6,9-13H,7-8H2,1H3. The normalized spacial score (nSPS) is 10.7. The highest BCUT2D eigenvalue weighted by Gasteiger charge is 2.02. The second-order valence-corrected chi connectivity index (χ2v) is 6.00. The number of aromatic nitrogens is 1. The molecular weight excluding hydrogens is 262 g/mol. The third-order valence-electron chi connectivity index (χ3n) is 3.41. The Morgan fingerprint density at radius 3 is 2.10 bits per heavy atom. The van der Waals surface area contributed by atoms with Gasteiger partial charge in [-0.2, -0.15) is 0 Å². The van der Waals surface area contributed by atoms with Gasteiger partial charge in [-0.05, 0) is 30.9 Å². The molecule has 0 N–H and O–H groups in total. The van der Waals surface area contributed by atoms with Gasteiger partial charge in [0.05, 0.1) is 10.7 Å². The SMILES string of the molecule is Cc1nc(-c2ccc(CCc3ccccc3)cc2)cs1. The minimum atomic E-state index is 1.08. The van der Waals surface area contributed by atoms with E-state index in [1.54, 1.807) is 11.3 Å². The molecule has 20 heavy (non-hydrogen) atoms. The number of aryl methyl sites for hydroxylation is 3. The van der Waals surface area contributed by atoms with Crippen molar-refractivity contribution in [3.05, 3.63) is 76.1 Å². The van der Waals surface area contributed by atoms with Crippen LogP contribution in [-0.2, 0) is 12.8 Å². The summed E-state index contributed by atoms with van der Waals surface area (Å²) in [7, 11) is 0. The predicted octanol–water partition coefficient (Wildman–Crippen LogP) is 4.90. The Bertz CT molecular complexity index is 668. The van der Waals surface area contributed by atoms with Crippen molar-refractivity contribution in [2.45, 2.75) is 19.8 Å². The molecule has 0 atom stereocenters. The topological polar surface area (TPSA) is 12.9 Å². The zero-order valence-electron chi connectivity index (χ0n) is 11.5. The third-order valence-corrected chi connectivity index (χ3v) is 4.19. The van der Waals surface area contributed by atoms with E-state index in [9.17, 15) is 0 Å². The minimum Gasteiger partial charge on any atom is -0.242 e. The molecule has 0 aliphatic heterocycles. The molecule has 2 heteroatoms. The molecule has 0 unspecified atom stereocenters. The van der Waals surface area contributed by atoms with Crippen molar-refractivity contribution in [3.63, 3.8) is 0 Å². The molecule has 1 heterocycles. The van der Waals surface area contributed by atoms with E-state index in [-0.39, 0.29) is 0 Å². The molecule has 0 fully saturated rings. The zero-order chi connectivity index (χ0) is 13.8. The molecule has 0 amide bonds. The van der Waals surface area contributed by atoms with Gasteiger partial charge in [-0.3, -0.25) is 0 Å². The first-order valence-electron chi connectivity index (χ1n) is 6.86. The Labute approximate surface area is 124 Å². The summed E-state index contributed by atoms with van der Waals surface area (Å²) in [6.07, 6.45) is 2.18. The maximum atomic E-state index is 4.52. The van der Waals surface area contributed by atoms with Gasteiger partial charge in [0, 0.05) is 10.9 Å². The molecule has 1 nitrogen and oxygen atoms in total. The van der Waals surface area contributed by atoms with Crippen molar-refractivity contribution < 1.29 is 0 Å². The lowest BCUT2D eigenvalue weighted by Gasteiger charge is -2.03. The van der Waals surface area contributed by atoms with Crippen LogP contribution in [0.3, 0.4) is 0 Å². The number of thiazole rings is 1. The zero-order valence-corrected chi connectivity index (χ0v) is 12.4. The molecule has 2 aromatic carbocycles. The molecule has 0 bridgehead atoms. The van der Waals surface area contributed by atoms with Gasteiger partial charge in [-0.1, -0.05) is 54.6 Å². The monoisotopic (exact) mass is 279 g/mol. The number of benzene rings is 2. The Kier molecular flexibility index (Phi) is 3.93. The Morgan fingerprint density at radius 2 is 1.50 bits per heavy atom. The summed E-state index contributed by atoms with van der Waals surface area (Å²) in [5.41, 5.74) is 5.07. The summed E-state index contributed by atoms with van der Waals surface area (Å²) in [6.45, 7) is 2.04. The van der Waals surface area contributed by atoms with Crippen LogP contribution in [-0.4, -0.2) is 4.98 Å². The van der Waals surface area contributed by atoms with Crippen LogP contribution in [0.1, 0.15) is 16.1 Å². The fourth-order valence-corrected chi connectivity index (χ4v) is 2.89. The molecule has 0 radical (unpaired) electrons. The summed E-state index contributed by atoms with van der Waals surface area (Å²) in [4.78, 5) is 4.52. The first-order chi connectivity index (χ1) is 9.81.